The van der Waals surface area contributed by atoms with Gasteiger partial charge in [-0.3, -0.25) is 19.8 Å². The molecule has 0 amide bonds. The normalized spacial score (nSPS) is 19.8. The van der Waals surface area contributed by atoms with Gasteiger partial charge in [0.15, 0.2) is 0 Å². The molecule has 0 aromatic heterocycles. The van der Waals surface area contributed by atoms with Crippen molar-refractivity contribution in [2.24, 2.45) is 0 Å². The molecule has 1 saturated heterocycles. The van der Waals surface area contributed by atoms with Crippen LogP contribution in [-0.2, 0) is 11.3 Å². The molecule has 1 fully saturated rings. The summed E-state index contributed by atoms with van der Waals surface area (Å²) in [5.74, 6) is 0.185. The summed E-state index contributed by atoms with van der Waals surface area (Å²) in [6, 6.07) is 7.08. The Morgan fingerprint density at radius 1 is 1.40 bits per heavy atom. The van der Waals surface area contributed by atoms with Crippen LogP contribution in [0.4, 0.5) is 5.69 Å². The van der Waals surface area contributed by atoms with Crippen molar-refractivity contribution in [3.8, 4) is 0 Å². The number of nitro groups is 1. The average Bonchev–Trinajstić information content (AvgIpc) is 2.41. The van der Waals surface area contributed by atoms with Gasteiger partial charge in [0.1, 0.15) is 5.78 Å². The Bertz CT molecular complexity index is 502. The molecular weight excluding hydrogens is 256 g/mol. The van der Waals surface area contributed by atoms with Gasteiger partial charge in [0, 0.05) is 30.6 Å². The standard InChI is InChI=1S/C15H20N2O3/c1-12(18)10-14-7-4-5-9-16(14)11-13-6-2-3-8-15(13)17(19)20/h2-3,6,8,14H,4-5,7,9-11H2,1H3. The van der Waals surface area contributed by atoms with E-state index in [1.807, 2.05) is 6.07 Å². The van der Waals surface area contributed by atoms with Crippen LogP contribution in [0.5, 0.6) is 0 Å². The van der Waals surface area contributed by atoms with Crippen molar-refractivity contribution in [1.82, 2.24) is 4.90 Å². The van der Waals surface area contributed by atoms with Gasteiger partial charge in [-0.2, -0.15) is 0 Å². The first kappa shape index (κ1) is 14.7. The minimum absolute atomic E-state index is 0.166. The highest BCUT2D eigenvalue weighted by Gasteiger charge is 2.25. The number of nitro benzene ring substituents is 1. The van der Waals surface area contributed by atoms with Crippen molar-refractivity contribution >= 4 is 11.5 Å². The van der Waals surface area contributed by atoms with Crippen LogP contribution in [0, 0.1) is 10.1 Å². The van der Waals surface area contributed by atoms with Gasteiger partial charge < -0.3 is 0 Å². The summed E-state index contributed by atoms with van der Waals surface area (Å²) in [4.78, 5) is 24.3. The third-order valence-electron chi connectivity index (χ3n) is 3.83. The lowest BCUT2D eigenvalue weighted by Crippen LogP contribution is -2.40. The van der Waals surface area contributed by atoms with Gasteiger partial charge in [0.2, 0.25) is 0 Å². The number of piperidine rings is 1. The highest BCUT2D eigenvalue weighted by atomic mass is 16.6. The number of rotatable bonds is 5. The SMILES string of the molecule is CC(=O)CC1CCCCN1Cc1ccccc1[N+](=O)[O-]. The maximum absolute atomic E-state index is 11.4. The maximum atomic E-state index is 11.4. The smallest absolute Gasteiger partial charge is 0.273 e. The molecule has 0 bridgehead atoms. The van der Waals surface area contributed by atoms with E-state index in [0.29, 0.717) is 13.0 Å². The Morgan fingerprint density at radius 2 is 2.15 bits per heavy atom. The van der Waals surface area contributed by atoms with Gasteiger partial charge in [-0.25, -0.2) is 0 Å². The molecule has 1 atom stereocenters. The Balaban J connectivity index is 2.14. The molecule has 0 saturated carbocycles. The Kier molecular flexibility index (Phi) is 4.84. The number of Topliss-reactive ketones (excluding diaryl/α,β-unsaturated/α-hetero) is 1. The highest BCUT2D eigenvalue weighted by molar-refractivity contribution is 5.76. The van der Waals surface area contributed by atoms with Gasteiger partial charge in [-0.1, -0.05) is 24.6 Å². The Labute approximate surface area is 118 Å². The fourth-order valence-corrected chi connectivity index (χ4v) is 2.87. The molecule has 20 heavy (non-hydrogen) atoms. The van der Waals surface area contributed by atoms with E-state index in [4.69, 9.17) is 0 Å². The van der Waals surface area contributed by atoms with Crippen LogP contribution >= 0.6 is 0 Å². The topological polar surface area (TPSA) is 63.5 Å². The van der Waals surface area contributed by atoms with E-state index in [2.05, 4.69) is 4.90 Å². The third-order valence-corrected chi connectivity index (χ3v) is 3.83. The molecule has 0 aliphatic carbocycles. The molecule has 1 aromatic carbocycles. The van der Waals surface area contributed by atoms with Crippen molar-refractivity contribution in [3.63, 3.8) is 0 Å². The fraction of sp³-hybridized carbons (Fsp3) is 0.533. The number of carbonyl (C=O) groups is 1. The zero-order chi connectivity index (χ0) is 14.5. The second-order valence-corrected chi connectivity index (χ2v) is 5.41. The van der Waals surface area contributed by atoms with Gasteiger partial charge >= 0.3 is 0 Å². The molecular formula is C15H20N2O3. The molecule has 1 unspecified atom stereocenters. The van der Waals surface area contributed by atoms with E-state index < -0.39 is 0 Å². The van der Waals surface area contributed by atoms with Crippen LogP contribution in [-0.4, -0.2) is 28.2 Å². The summed E-state index contributed by atoms with van der Waals surface area (Å²) in [5, 5.41) is 11.1. The summed E-state index contributed by atoms with van der Waals surface area (Å²) in [5.41, 5.74) is 0.896. The van der Waals surface area contributed by atoms with Crippen LogP contribution in [0.15, 0.2) is 24.3 Å². The molecule has 0 spiro atoms. The van der Waals surface area contributed by atoms with E-state index >= 15 is 0 Å². The van der Waals surface area contributed by atoms with E-state index in [0.717, 1.165) is 31.4 Å². The number of hydrogen-bond acceptors (Lipinski definition) is 4. The van der Waals surface area contributed by atoms with Crippen molar-refractivity contribution in [2.75, 3.05) is 6.54 Å². The predicted octanol–water partition coefficient (Wildman–Crippen LogP) is 2.93. The molecule has 1 aliphatic rings. The molecule has 1 aromatic rings. The summed E-state index contributed by atoms with van der Waals surface area (Å²) in [6.45, 7) is 3.07. The van der Waals surface area contributed by atoms with Gasteiger partial charge in [0.05, 0.1) is 4.92 Å². The fourth-order valence-electron chi connectivity index (χ4n) is 2.87. The lowest BCUT2D eigenvalue weighted by atomic mass is 9.97. The second-order valence-electron chi connectivity index (χ2n) is 5.41. The molecule has 5 heteroatoms. The van der Waals surface area contributed by atoms with Gasteiger partial charge in [0.25, 0.3) is 5.69 Å². The Morgan fingerprint density at radius 3 is 2.85 bits per heavy atom. The largest absolute Gasteiger partial charge is 0.300 e. The van der Waals surface area contributed by atoms with Crippen LogP contribution in [0.25, 0.3) is 0 Å². The molecule has 0 radical (unpaired) electrons. The van der Waals surface area contributed by atoms with Gasteiger partial charge in [-0.05, 0) is 26.3 Å². The quantitative estimate of drug-likeness (QED) is 0.612. The summed E-state index contributed by atoms with van der Waals surface area (Å²) >= 11 is 0. The van der Waals surface area contributed by atoms with Crippen molar-refractivity contribution in [1.29, 1.82) is 0 Å². The van der Waals surface area contributed by atoms with E-state index in [9.17, 15) is 14.9 Å². The van der Waals surface area contributed by atoms with Crippen LogP contribution in [0.2, 0.25) is 0 Å². The number of ketones is 1. The minimum atomic E-state index is -0.334. The molecule has 1 aliphatic heterocycles. The van der Waals surface area contributed by atoms with E-state index in [1.165, 1.54) is 0 Å². The number of carbonyl (C=O) groups excluding carboxylic acids is 1. The minimum Gasteiger partial charge on any atom is -0.300 e. The first-order chi connectivity index (χ1) is 9.58. The number of likely N-dealkylation sites (tertiary alicyclic amines) is 1. The molecule has 5 nitrogen and oxygen atoms in total. The van der Waals surface area contributed by atoms with E-state index in [-0.39, 0.29) is 22.4 Å². The zero-order valence-electron chi connectivity index (χ0n) is 11.7. The van der Waals surface area contributed by atoms with E-state index in [1.54, 1.807) is 25.1 Å². The Hall–Kier alpha value is -1.75. The second kappa shape index (κ2) is 6.61. The van der Waals surface area contributed by atoms with Crippen molar-refractivity contribution < 1.29 is 9.72 Å². The third kappa shape index (κ3) is 3.63. The van der Waals surface area contributed by atoms with Crippen LogP contribution < -0.4 is 0 Å². The molecule has 108 valence electrons. The van der Waals surface area contributed by atoms with Gasteiger partial charge in [-0.15, -0.1) is 0 Å². The lowest BCUT2D eigenvalue weighted by molar-refractivity contribution is -0.385. The summed E-state index contributed by atoms with van der Waals surface area (Å²) in [7, 11) is 0. The van der Waals surface area contributed by atoms with Crippen LogP contribution in [0.1, 0.15) is 38.2 Å². The summed E-state index contributed by atoms with van der Waals surface area (Å²) < 4.78 is 0. The monoisotopic (exact) mass is 276 g/mol. The number of nitrogens with zero attached hydrogens (tertiary/aromatic N) is 2. The molecule has 0 N–H and O–H groups in total. The van der Waals surface area contributed by atoms with Crippen molar-refractivity contribution in [2.45, 2.75) is 45.2 Å². The first-order valence-electron chi connectivity index (χ1n) is 7.03. The number of para-hydroxylation sites is 1. The predicted molar refractivity (Wildman–Crippen MR) is 76.4 cm³/mol. The number of benzene rings is 1. The van der Waals surface area contributed by atoms with Crippen molar-refractivity contribution in [3.05, 3.63) is 39.9 Å². The molecule has 2 rings (SSSR count). The molecule has 1 heterocycles. The summed E-state index contributed by atoms with van der Waals surface area (Å²) in [6.07, 6.45) is 3.77. The maximum Gasteiger partial charge on any atom is 0.273 e. The highest BCUT2D eigenvalue weighted by Crippen LogP contribution is 2.25. The number of hydrogen-bond donors (Lipinski definition) is 0. The lowest BCUT2D eigenvalue weighted by Gasteiger charge is -2.35. The zero-order valence-corrected chi connectivity index (χ0v) is 11.7. The van der Waals surface area contributed by atoms with Crippen LogP contribution in [0.3, 0.4) is 0 Å². The first-order valence-corrected chi connectivity index (χ1v) is 7.03. The average molecular weight is 276 g/mol.